The highest BCUT2D eigenvalue weighted by molar-refractivity contribution is 14.0. The standard InChI is InChI=1S/C17H26N6O.HI/c1-12(2)20-17(19-11-16-22-21-13(3)23(16)4)18-10-14-6-8-15(24-5)9-7-14;/h6-9,12H,10-11H2,1-5H3,(H2,18,19,20);1H. The predicted molar refractivity (Wildman–Crippen MR) is 110 cm³/mol. The van der Waals surface area contributed by atoms with Crippen molar-refractivity contribution in [2.75, 3.05) is 7.11 Å². The molecule has 25 heavy (non-hydrogen) atoms. The van der Waals surface area contributed by atoms with Crippen LogP contribution in [0, 0.1) is 6.92 Å². The van der Waals surface area contributed by atoms with Gasteiger partial charge in [-0.1, -0.05) is 12.1 Å². The smallest absolute Gasteiger partial charge is 0.192 e. The third-order valence-electron chi connectivity index (χ3n) is 3.60. The van der Waals surface area contributed by atoms with Crippen LogP contribution >= 0.6 is 24.0 Å². The Morgan fingerprint density at radius 2 is 1.92 bits per heavy atom. The molecule has 2 N–H and O–H groups in total. The van der Waals surface area contributed by atoms with Crippen LogP contribution in [0.15, 0.2) is 29.3 Å². The Morgan fingerprint density at radius 3 is 2.44 bits per heavy atom. The fourth-order valence-electron chi connectivity index (χ4n) is 2.10. The largest absolute Gasteiger partial charge is 0.497 e. The van der Waals surface area contributed by atoms with Crippen molar-refractivity contribution in [2.45, 2.75) is 39.9 Å². The molecule has 2 rings (SSSR count). The van der Waals surface area contributed by atoms with E-state index in [1.165, 1.54) is 0 Å². The van der Waals surface area contributed by atoms with Gasteiger partial charge in [-0.2, -0.15) is 0 Å². The van der Waals surface area contributed by atoms with Crippen LogP contribution < -0.4 is 15.4 Å². The van der Waals surface area contributed by atoms with Gasteiger partial charge in [0.2, 0.25) is 0 Å². The first kappa shape index (κ1) is 21.2. The average Bonchev–Trinajstić information content (AvgIpc) is 2.89. The van der Waals surface area contributed by atoms with Crippen molar-refractivity contribution in [3.8, 4) is 5.75 Å². The number of aromatic nitrogens is 3. The van der Waals surface area contributed by atoms with Crippen LogP contribution in [0.2, 0.25) is 0 Å². The van der Waals surface area contributed by atoms with Crippen LogP contribution in [0.4, 0.5) is 0 Å². The molecule has 0 saturated carbocycles. The molecule has 0 fully saturated rings. The Hall–Kier alpha value is -1.84. The van der Waals surface area contributed by atoms with E-state index in [0.717, 1.165) is 28.9 Å². The zero-order valence-corrected chi connectivity index (χ0v) is 17.7. The van der Waals surface area contributed by atoms with E-state index in [2.05, 4.69) is 39.7 Å². The minimum Gasteiger partial charge on any atom is -0.497 e. The fraction of sp³-hybridized carbons (Fsp3) is 0.471. The van der Waals surface area contributed by atoms with E-state index in [1.807, 2.05) is 42.8 Å². The molecule has 0 unspecified atom stereocenters. The molecule has 0 atom stereocenters. The van der Waals surface area contributed by atoms with Gasteiger partial charge in [-0.05, 0) is 38.5 Å². The molecule has 2 aromatic rings. The lowest BCUT2D eigenvalue weighted by Crippen LogP contribution is -2.41. The number of aliphatic imine (C=N–C) groups is 1. The second-order valence-electron chi connectivity index (χ2n) is 5.89. The van der Waals surface area contributed by atoms with Gasteiger partial charge >= 0.3 is 0 Å². The number of aryl methyl sites for hydroxylation is 1. The first-order valence-corrected chi connectivity index (χ1v) is 8.02. The molecular weight excluding hydrogens is 431 g/mol. The third kappa shape index (κ3) is 6.52. The number of hydrogen-bond acceptors (Lipinski definition) is 4. The number of nitrogens with one attached hydrogen (secondary N) is 2. The van der Waals surface area contributed by atoms with Gasteiger partial charge in [0.1, 0.15) is 11.6 Å². The lowest BCUT2D eigenvalue weighted by molar-refractivity contribution is 0.414. The van der Waals surface area contributed by atoms with E-state index in [0.29, 0.717) is 13.1 Å². The number of hydrogen-bond donors (Lipinski definition) is 2. The molecule has 0 spiro atoms. The maximum absolute atomic E-state index is 5.17. The Bertz CT molecular complexity index is 681. The van der Waals surface area contributed by atoms with Crippen LogP contribution in [-0.4, -0.2) is 33.9 Å². The number of ether oxygens (including phenoxy) is 1. The Balaban J connectivity index is 0.00000312. The van der Waals surface area contributed by atoms with Crippen LogP contribution in [-0.2, 0) is 20.1 Å². The van der Waals surface area contributed by atoms with Crippen LogP contribution in [0.1, 0.15) is 31.1 Å². The molecule has 8 heteroatoms. The Morgan fingerprint density at radius 1 is 1.24 bits per heavy atom. The minimum atomic E-state index is 0. The minimum absolute atomic E-state index is 0. The Labute approximate surface area is 166 Å². The molecule has 0 saturated heterocycles. The van der Waals surface area contributed by atoms with Crippen LogP contribution in [0.25, 0.3) is 0 Å². The van der Waals surface area contributed by atoms with Gasteiger partial charge in [0, 0.05) is 13.1 Å². The van der Waals surface area contributed by atoms with Crippen molar-refractivity contribution in [3.05, 3.63) is 41.5 Å². The summed E-state index contributed by atoms with van der Waals surface area (Å²) in [5.74, 6) is 3.36. The number of guanidine groups is 1. The zero-order valence-electron chi connectivity index (χ0n) is 15.4. The molecule has 0 aliphatic rings. The van der Waals surface area contributed by atoms with E-state index in [1.54, 1.807) is 7.11 Å². The summed E-state index contributed by atoms with van der Waals surface area (Å²) >= 11 is 0. The summed E-state index contributed by atoms with van der Waals surface area (Å²) in [6, 6.07) is 8.20. The summed E-state index contributed by atoms with van der Waals surface area (Å²) in [4.78, 5) is 4.64. The molecule has 138 valence electrons. The molecule has 0 amide bonds. The van der Waals surface area contributed by atoms with E-state index in [4.69, 9.17) is 4.74 Å². The van der Waals surface area contributed by atoms with Crippen molar-refractivity contribution in [1.29, 1.82) is 0 Å². The molecule has 1 heterocycles. The summed E-state index contributed by atoms with van der Waals surface area (Å²) < 4.78 is 7.13. The van der Waals surface area contributed by atoms with E-state index < -0.39 is 0 Å². The van der Waals surface area contributed by atoms with Gasteiger partial charge in [-0.15, -0.1) is 34.2 Å². The van der Waals surface area contributed by atoms with Crippen molar-refractivity contribution in [3.63, 3.8) is 0 Å². The summed E-state index contributed by atoms with van der Waals surface area (Å²) in [7, 11) is 3.62. The van der Waals surface area contributed by atoms with Crippen molar-refractivity contribution < 1.29 is 4.74 Å². The van der Waals surface area contributed by atoms with E-state index >= 15 is 0 Å². The Kier molecular flexibility index (Phi) is 8.67. The SMILES string of the molecule is COc1ccc(CN=C(NCc2nnc(C)n2C)NC(C)C)cc1.I. The van der Waals surface area contributed by atoms with Crippen molar-refractivity contribution in [2.24, 2.45) is 12.0 Å². The number of benzene rings is 1. The first-order valence-electron chi connectivity index (χ1n) is 8.02. The summed E-state index contributed by atoms with van der Waals surface area (Å²) in [6.45, 7) is 7.25. The molecule has 0 aliphatic heterocycles. The summed E-state index contributed by atoms with van der Waals surface area (Å²) in [5.41, 5.74) is 1.12. The van der Waals surface area contributed by atoms with Crippen molar-refractivity contribution in [1.82, 2.24) is 25.4 Å². The maximum atomic E-state index is 5.17. The fourth-order valence-corrected chi connectivity index (χ4v) is 2.10. The van der Waals surface area contributed by atoms with E-state index in [-0.39, 0.29) is 30.0 Å². The quantitative estimate of drug-likeness (QED) is 0.395. The highest BCUT2D eigenvalue weighted by Crippen LogP contribution is 2.11. The van der Waals surface area contributed by atoms with Gasteiger partial charge in [-0.25, -0.2) is 4.99 Å². The number of halogens is 1. The average molecular weight is 458 g/mol. The van der Waals surface area contributed by atoms with Gasteiger partial charge in [0.15, 0.2) is 11.8 Å². The molecular formula is C17H27IN6O. The summed E-state index contributed by atoms with van der Waals surface area (Å²) in [6.07, 6.45) is 0. The molecule has 1 aromatic carbocycles. The van der Waals surface area contributed by atoms with E-state index in [9.17, 15) is 0 Å². The zero-order chi connectivity index (χ0) is 17.5. The number of nitrogens with zero attached hydrogens (tertiary/aromatic N) is 4. The van der Waals surface area contributed by atoms with Crippen LogP contribution in [0.5, 0.6) is 5.75 Å². The topological polar surface area (TPSA) is 76.4 Å². The highest BCUT2D eigenvalue weighted by atomic mass is 127. The third-order valence-corrected chi connectivity index (χ3v) is 3.60. The normalized spacial score (nSPS) is 11.2. The van der Waals surface area contributed by atoms with Crippen molar-refractivity contribution >= 4 is 29.9 Å². The summed E-state index contributed by atoms with van der Waals surface area (Å²) in [5, 5.41) is 14.9. The van der Waals surface area contributed by atoms with Gasteiger partial charge in [-0.3, -0.25) is 0 Å². The maximum Gasteiger partial charge on any atom is 0.192 e. The van der Waals surface area contributed by atoms with Gasteiger partial charge in [0.05, 0.1) is 20.2 Å². The monoisotopic (exact) mass is 458 g/mol. The van der Waals surface area contributed by atoms with Gasteiger partial charge < -0.3 is 19.9 Å². The second kappa shape index (κ2) is 10.2. The first-order chi connectivity index (χ1) is 11.5. The molecule has 7 nitrogen and oxygen atoms in total. The molecule has 0 bridgehead atoms. The highest BCUT2D eigenvalue weighted by Gasteiger charge is 2.07. The van der Waals surface area contributed by atoms with Gasteiger partial charge in [0.25, 0.3) is 0 Å². The lowest BCUT2D eigenvalue weighted by Gasteiger charge is -2.15. The number of rotatable bonds is 6. The predicted octanol–water partition coefficient (Wildman–Crippen LogP) is 2.39. The molecule has 0 aliphatic carbocycles. The van der Waals surface area contributed by atoms with Crippen LogP contribution in [0.3, 0.4) is 0 Å². The molecule has 1 aromatic heterocycles. The lowest BCUT2D eigenvalue weighted by atomic mass is 10.2. The molecule has 0 radical (unpaired) electrons. The second-order valence-corrected chi connectivity index (χ2v) is 5.89. The number of methoxy groups -OCH3 is 1.